The van der Waals surface area contributed by atoms with Gasteiger partial charge in [0.25, 0.3) is 0 Å². The lowest BCUT2D eigenvalue weighted by Gasteiger charge is -2.38. The van der Waals surface area contributed by atoms with Gasteiger partial charge < -0.3 is 14.2 Å². The van der Waals surface area contributed by atoms with Crippen molar-refractivity contribution in [3.63, 3.8) is 0 Å². The Morgan fingerprint density at radius 1 is 1.19 bits per heavy atom. The zero-order valence-electron chi connectivity index (χ0n) is 14.0. The van der Waals surface area contributed by atoms with Gasteiger partial charge in [-0.15, -0.1) is 0 Å². The molecule has 0 amide bonds. The van der Waals surface area contributed by atoms with Crippen LogP contribution in [0.1, 0.15) is 59.3 Å². The van der Waals surface area contributed by atoms with Gasteiger partial charge in [0.05, 0.1) is 19.3 Å². The van der Waals surface area contributed by atoms with E-state index >= 15 is 0 Å². The first-order valence-electron chi connectivity index (χ1n) is 8.78. The molecular formula is C18H32O3. The van der Waals surface area contributed by atoms with Crippen LogP contribution in [0.5, 0.6) is 0 Å². The first-order valence-corrected chi connectivity index (χ1v) is 8.78. The fourth-order valence-corrected chi connectivity index (χ4v) is 3.33. The SMILES string of the molecule is CCCCCCC/C=C\[C@@H]1OC[C@H](C)[C@H](OCC)[C@]12CO2. The van der Waals surface area contributed by atoms with E-state index < -0.39 is 0 Å². The molecule has 0 bridgehead atoms. The van der Waals surface area contributed by atoms with E-state index in [1.54, 1.807) is 0 Å². The van der Waals surface area contributed by atoms with Gasteiger partial charge in [0.1, 0.15) is 11.7 Å². The van der Waals surface area contributed by atoms with Crippen LogP contribution < -0.4 is 0 Å². The molecule has 2 fully saturated rings. The zero-order valence-corrected chi connectivity index (χ0v) is 14.0. The molecule has 0 radical (unpaired) electrons. The first kappa shape index (κ1) is 17.0. The number of rotatable bonds is 9. The number of hydrogen-bond donors (Lipinski definition) is 0. The van der Waals surface area contributed by atoms with Gasteiger partial charge in [-0.25, -0.2) is 0 Å². The van der Waals surface area contributed by atoms with E-state index in [0.717, 1.165) is 26.2 Å². The minimum atomic E-state index is -0.202. The van der Waals surface area contributed by atoms with E-state index in [9.17, 15) is 0 Å². The monoisotopic (exact) mass is 296 g/mol. The van der Waals surface area contributed by atoms with E-state index in [4.69, 9.17) is 14.2 Å². The molecule has 122 valence electrons. The van der Waals surface area contributed by atoms with Crippen molar-refractivity contribution in [3.05, 3.63) is 12.2 Å². The van der Waals surface area contributed by atoms with Crippen LogP contribution in [0, 0.1) is 5.92 Å². The predicted molar refractivity (Wildman–Crippen MR) is 85.5 cm³/mol. The lowest BCUT2D eigenvalue weighted by molar-refractivity contribution is -0.140. The Morgan fingerprint density at radius 2 is 1.95 bits per heavy atom. The van der Waals surface area contributed by atoms with Crippen LogP contribution in [0.25, 0.3) is 0 Å². The molecule has 0 unspecified atom stereocenters. The Balaban J connectivity index is 1.77. The molecule has 2 rings (SSSR count). The lowest BCUT2D eigenvalue weighted by atomic mass is 9.85. The summed E-state index contributed by atoms with van der Waals surface area (Å²) in [4.78, 5) is 0. The Morgan fingerprint density at radius 3 is 2.62 bits per heavy atom. The highest BCUT2D eigenvalue weighted by atomic mass is 16.7. The summed E-state index contributed by atoms with van der Waals surface area (Å²) in [6.07, 6.45) is 12.5. The molecular weight excluding hydrogens is 264 g/mol. The van der Waals surface area contributed by atoms with Gasteiger partial charge in [-0.1, -0.05) is 51.7 Å². The number of epoxide rings is 1. The highest BCUT2D eigenvalue weighted by Crippen LogP contribution is 2.44. The van der Waals surface area contributed by atoms with E-state index in [-0.39, 0.29) is 17.8 Å². The maximum atomic E-state index is 6.00. The van der Waals surface area contributed by atoms with Gasteiger partial charge in [0.15, 0.2) is 0 Å². The number of hydrogen-bond acceptors (Lipinski definition) is 3. The quantitative estimate of drug-likeness (QED) is 0.364. The molecule has 0 saturated carbocycles. The highest BCUT2D eigenvalue weighted by molar-refractivity contribution is 5.16. The Bertz CT molecular complexity index is 322. The average molecular weight is 296 g/mol. The van der Waals surface area contributed by atoms with Crippen molar-refractivity contribution in [3.8, 4) is 0 Å². The number of unbranched alkanes of at least 4 members (excludes halogenated alkanes) is 5. The second-order valence-corrected chi connectivity index (χ2v) is 6.48. The van der Waals surface area contributed by atoms with Crippen LogP contribution in [0.3, 0.4) is 0 Å². The molecule has 0 aliphatic carbocycles. The molecule has 4 atom stereocenters. The molecule has 3 heteroatoms. The zero-order chi connectivity index (χ0) is 15.1. The van der Waals surface area contributed by atoms with Crippen LogP contribution >= 0.6 is 0 Å². The summed E-state index contributed by atoms with van der Waals surface area (Å²) in [5.74, 6) is 0.408. The minimum absolute atomic E-state index is 0.0703. The summed E-state index contributed by atoms with van der Waals surface area (Å²) >= 11 is 0. The standard InChI is InChI=1S/C18H32O3/c1-4-6-7-8-9-10-11-12-16-18(14-21-18)17(19-5-2)15(3)13-20-16/h11-12,15-17H,4-10,13-14H2,1-3H3/b12-11-/t15-,16-,17-,18-/m0/s1. The fourth-order valence-electron chi connectivity index (χ4n) is 3.33. The van der Waals surface area contributed by atoms with Crippen molar-refractivity contribution in [2.75, 3.05) is 19.8 Å². The van der Waals surface area contributed by atoms with Gasteiger partial charge in [-0.05, 0) is 19.8 Å². The molecule has 0 aromatic rings. The van der Waals surface area contributed by atoms with E-state index in [1.165, 1.54) is 32.1 Å². The molecule has 0 aromatic heterocycles. The average Bonchev–Trinajstić information content (AvgIpc) is 3.26. The van der Waals surface area contributed by atoms with Crippen molar-refractivity contribution < 1.29 is 14.2 Å². The molecule has 2 heterocycles. The van der Waals surface area contributed by atoms with Crippen molar-refractivity contribution >= 4 is 0 Å². The molecule has 2 aliphatic rings. The summed E-state index contributed by atoms with van der Waals surface area (Å²) < 4.78 is 17.7. The maximum Gasteiger partial charge on any atom is 0.147 e. The molecule has 1 spiro atoms. The topological polar surface area (TPSA) is 31.0 Å². The van der Waals surface area contributed by atoms with Gasteiger partial charge in [-0.3, -0.25) is 0 Å². The summed E-state index contributed by atoms with van der Waals surface area (Å²) in [6, 6.07) is 0. The van der Waals surface area contributed by atoms with Crippen LogP contribution in [0.4, 0.5) is 0 Å². The minimum Gasteiger partial charge on any atom is -0.375 e. The van der Waals surface area contributed by atoms with Gasteiger partial charge in [0.2, 0.25) is 0 Å². The Labute approximate surface area is 130 Å². The first-order chi connectivity index (χ1) is 10.2. The number of ether oxygens (including phenoxy) is 3. The number of allylic oxidation sites excluding steroid dienone is 1. The molecule has 2 aliphatic heterocycles. The molecule has 21 heavy (non-hydrogen) atoms. The molecule has 3 nitrogen and oxygen atoms in total. The summed E-state index contributed by atoms with van der Waals surface area (Å²) in [5, 5.41) is 0. The van der Waals surface area contributed by atoms with E-state index in [2.05, 4.69) is 32.9 Å². The third kappa shape index (κ3) is 4.30. The lowest BCUT2D eigenvalue weighted by Crippen LogP contribution is -2.52. The van der Waals surface area contributed by atoms with Crippen molar-refractivity contribution in [1.82, 2.24) is 0 Å². The smallest absolute Gasteiger partial charge is 0.147 e. The van der Waals surface area contributed by atoms with E-state index in [0.29, 0.717) is 5.92 Å². The largest absolute Gasteiger partial charge is 0.375 e. The second-order valence-electron chi connectivity index (χ2n) is 6.48. The third-order valence-electron chi connectivity index (χ3n) is 4.63. The maximum absolute atomic E-state index is 6.00. The second kappa shape index (κ2) is 8.30. The summed E-state index contributed by atoms with van der Waals surface area (Å²) in [6.45, 7) is 8.78. The van der Waals surface area contributed by atoms with Crippen molar-refractivity contribution in [2.24, 2.45) is 5.92 Å². The molecule has 0 N–H and O–H groups in total. The van der Waals surface area contributed by atoms with Crippen LogP contribution in [-0.2, 0) is 14.2 Å². The normalized spacial score (nSPS) is 35.7. The van der Waals surface area contributed by atoms with Gasteiger partial charge in [0, 0.05) is 12.5 Å². The van der Waals surface area contributed by atoms with Crippen LogP contribution in [0.2, 0.25) is 0 Å². The van der Waals surface area contributed by atoms with Gasteiger partial charge >= 0.3 is 0 Å². The van der Waals surface area contributed by atoms with E-state index in [1.807, 2.05) is 0 Å². The Kier molecular flexibility index (Phi) is 6.72. The summed E-state index contributed by atoms with van der Waals surface area (Å²) in [7, 11) is 0. The molecule has 2 saturated heterocycles. The fraction of sp³-hybridized carbons (Fsp3) is 0.889. The van der Waals surface area contributed by atoms with Crippen LogP contribution in [-0.4, -0.2) is 37.6 Å². The summed E-state index contributed by atoms with van der Waals surface area (Å²) in [5.41, 5.74) is -0.202. The van der Waals surface area contributed by atoms with Crippen molar-refractivity contribution in [2.45, 2.75) is 77.1 Å². The highest BCUT2D eigenvalue weighted by Gasteiger charge is 2.61. The predicted octanol–water partition coefficient (Wildman–Crippen LogP) is 4.11. The third-order valence-corrected chi connectivity index (χ3v) is 4.63. The van der Waals surface area contributed by atoms with Crippen LogP contribution in [0.15, 0.2) is 12.2 Å². The van der Waals surface area contributed by atoms with Crippen molar-refractivity contribution in [1.29, 1.82) is 0 Å². The molecule has 0 aromatic carbocycles. The van der Waals surface area contributed by atoms with Gasteiger partial charge in [-0.2, -0.15) is 0 Å². The Hall–Kier alpha value is -0.380.